The van der Waals surface area contributed by atoms with Gasteiger partial charge in [0.15, 0.2) is 0 Å². The SMILES string of the molecule is CC(=O)Nc1cc2cnc(C(=O)NC3CC4CC3CN4)cc2o1. The third-order valence-electron chi connectivity index (χ3n) is 4.61. The molecule has 0 aromatic carbocycles. The molecule has 2 aromatic heterocycles. The van der Waals surface area contributed by atoms with E-state index in [4.69, 9.17) is 4.42 Å². The van der Waals surface area contributed by atoms with Gasteiger partial charge in [-0.15, -0.1) is 0 Å². The Kier molecular flexibility index (Phi) is 3.30. The standard InChI is InChI=1S/C16H18N4O3/c1-8(21)19-15-3-10-7-18-13(5-14(10)23-15)16(22)20-12-4-11-2-9(12)6-17-11/h3,5,7,9,11-12,17H,2,4,6H2,1H3,(H,19,21)(H,20,22). The fourth-order valence-corrected chi connectivity index (χ4v) is 3.55. The summed E-state index contributed by atoms with van der Waals surface area (Å²) in [4.78, 5) is 27.7. The Hall–Kier alpha value is -2.41. The van der Waals surface area contributed by atoms with Crippen LogP contribution in [0.25, 0.3) is 11.0 Å². The van der Waals surface area contributed by atoms with Crippen LogP contribution >= 0.6 is 0 Å². The molecule has 7 heteroatoms. The number of carbonyl (C=O) groups is 2. The van der Waals surface area contributed by atoms with Crippen molar-refractivity contribution < 1.29 is 14.0 Å². The lowest BCUT2D eigenvalue weighted by atomic mass is 10.0. The molecule has 3 N–H and O–H groups in total. The number of aromatic nitrogens is 1. The Morgan fingerprint density at radius 3 is 2.91 bits per heavy atom. The van der Waals surface area contributed by atoms with Gasteiger partial charge >= 0.3 is 0 Å². The first-order valence-electron chi connectivity index (χ1n) is 7.80. The highest BCUT2D eigenvalue weighted by Crippen LogP contribution is 2.31. The van der Waals surface area contributed by atoms with E-state index in [9.17, 15) is 9.59 Å². The second kappa shape index (κ2) is 5.34. The maximum Gasteiger partial charge on any atom is 0.270 e. The maximum absolute atomic E-state index is 12.4. The van der Waals surface area contributed by atoms with Crippen LogP contribution in [-0.4, -0.2) is 35.4 Å². The molecule has 1 saturated heterocycles. The molecule has 1 aliphatic carbocycles. The largest absolute Gasteiger partial charge is 0.440 e. The average molecular weight is 314 g/mol. The van der Waals surface area contributed by atoms with E-state index in [0.29, 0.717) is 29.1 Å². The van der Waals surface area contributed by atoms with Gasteiger partial charge in [0, 0.05) is 49.3 Å². The summed E-state index contributed by atoms with van der Waals surface area (Å²) in [5.41, 5.74) is 0.862. The Morgan fingerprint density at radius 1 is 1.35 bits per heavy atom. The molecule has 0 spiro atoms. The predicted molar refractivity (Wildman–Crippen MR) is 84.1 cm³/mol. The van der Waals surface area contributed by atoms with E-state index in [0.717, 1.165) is 24.8 Å². The number of fused-ring (bicyclic) bond motifs is 3. The molecule has 1 aliphatic heterocycles. The molecular formula is C16H18N4O3. The molecule has 4 rings (SSSR count). The summed E-state index contributed by atoms with van der Waals surface area (Å²) in [7, 11) is 0. The van der Waals surface area contributed by atoms with E-state index in [1.807, 2.05) is 0 Å². The van der Waals surface area contributed by atoms with Gasteiger partial charge in [0.05, 0.1) is 0 Å². The van der Waals surface area contributed by atoms with Crippen molar-refractivity contribution in [3.8, 4) is 0 Å². The number of carbonyl (C=O) groups excluding carboxylic acids is 2. The van der Waals surface area contributed by atoms with Crippen LogP contribution in [0.5, 0.6) is 0 Å². The molecule has 3 unspecified atom stereocenters. The Labute approximate surface area is 132 Å². The molecule has 120 valence electrons. The van der Waals surface area contributed by atoms with E-state index >= 15 is 0 Å². The second-order valence-electron chi connectivity index (χ2n) is 6.32. The monoisotopic (exact) mass is 314 g/mol. The van der Waals surface area contributed by atoms with Gasteiger partial charge in [0.1, 0.15) is 11.3 Å². The topological polar surface area (TPSA) is 96.3 Å². The Bertz CT molecular complexity index is 785. The number of furan rings is 1. The van der Waals surface area contributed by atoms with Gasteiger partial charge in [-0.05, 0) is 18.8 Å². The van der Waals surface area contributed by atoms with Crippen molar-refractivity contribution in [2.75, 3.05) is 11.9 Å². The lowest BCUT2D eigenvalue weighted by Crippen LogP contribution is -2.44. The third kappa shape index (κ3) is 2.68. The molecule has 1 saturated carbocycles. The number of anilines is 1. The van der Waals surface area contributed by atoms with E-state index in [2.05, 4.69) is 20.9 Å². The van der Waals surface area contributed by atoms with Gasteiger partial charge in [-0.2, -0.15) is 0 Å². The number of nitrogens with one attached hydrogen (secondary N) is 3. The zero-order valence-electron chi connectivity index (χ0n) is 12.8. The summed E-state index contributed by atoms with van der Waals surface area (Å²) < 4.78 is 5.53. The van der Waals surface area contributed by atoms with Crippen molar-refractivity contribution in [2.45, 2.75) is 31.8 Å². The van der Waals surface area contributed by atoms with Crippen LogP contribution in [0, 0.1) is 5.92 Å². The average Bonchev–Trinajstić information content (AvgIpc) is 3.19. The van der Waals surface area contributed by atoms with Crippen LogP contribution in [0.4, 0.5) is 5.88 Å². The van der Waals surface area contributed by atoms with Crippen molar-refractivity contribution in [3.05, 3.63) is 24.0 Å². The van der Waals surface area contributed by atoms with Gasteiger partial charge in [0.25, 0.3) is 5.91 Å². The van der Waals surface area contributed by atoms with Crippen LogP contribution in [-0.2, 0) is 4.79 Å². The minimum atomic E-state index is -0.208. The second-order valence-corrected chi connectivity index (χ2v) is 6.32. The molecule has 3 atom stereocenters. The summed E-state index contributed by atoms with van der Waals surface area (Å²) in [5, 5.41) is 9.83. The van der Waals surface area contributed by atoms with Gasteiger partial charge in [-0.25, -0.2) is 0 Å². The van der Waals surface area contributed by atoms with Crippen molar-refractivity contribution in [3.63, 3.8) is 0 Å². The van der Waals surface area contributed by atoms with Crippen molar-refractivity contribution >= 4 is 28.7 Å². The molecule has 7 nitrogen and oxygen atoms in total. The van der Waals surface area contributed by atoms with Crippen LogP contribution < -0.4 is 16.0 Å². The number of amides is 2. The van der Waals surface area contributed by atoms with Crippen molar-refractivity contribution in [1.29, 1.82) is 0 Å². The van der Waals surface area contributed by atoms with E-state index < -0.39 is 0 Å². The van der Waals surface area contributed by atoms with Crippen LogP contribution in [0.1, 0.15) is 30.3 Å². The van der Waals surface area contributed by atoms with Crippen molar-refractivity contribution in [1.82, 2.24) is 15.6 Å². The molecule has 0 radical (unpaired) electrons. The van der Waals surface area contributed by atoms with Crippen molar-refractivity contribution in [2.24, 2.45) is 5.92 Å². The smallest absolute Gasteiger partial charge is 0.270 e. The molecule has 2 bridgehead atoms. The highest BCUT2D eigenvalue weighted by molar-refractivity contribution is 5.96. The Balaban J connectivity index is 1.51. The van der Waals surface area contributed by atoms with E-state index in [-0.39, 0.29) is 17.9 Å². The zero-order valence-corrected chi connectivity index (χ0v) is 12.8. The third-order valence-corrected chi connectivity index (χ3v) is 4.61. The first-order chi connectivity index (χ1) is 11.1. The number of rotatable bonds is 3. The zero-order chi connectivity index (χ0) is 16.0. The van der Waals surface area contributed by atoms with Crippen LogP contribution in [0.15, 0.2) is 22.7 Å². The van der Waals surface area contributed by atoms with Gasteiger partial charge in [0.2, 0.25) is 11.8 Å². The van der Waals surface area contributed by atoms with Gasteiger partial charge in [-0.1, -0.05) is 0 Å². The number of hydrogen-bond donors (Lipinski definition) is 3. The molecule has 2 aromatic rings. The fourth-order valence-electron chi connectivity index (χ4n) is 3.55. The molecule has 3 heterocycles. The first kappa shape index (κ1) is 14.2. The number of pyridine rings is 1. The highest BCUT2D eigenvalue weighted by atomic mass is 16.4. The highest BCUT2D eigenvalue weighted by Gasteiger charge is 2.40. The van der Waals surface area contributed by atoms with E-state index in [1.165, 1.54) is 6.92 Å². The minimum Gasteiger partial charge on any atom is -0.440 e. The molecule has 2 fully saturated rings. The summed E-state index contributed by atoms with van der Waals surface area (Å²) in [6.45, 7) is 2.38. The number of piperidine rings is 1. The normalized spacial score (nSPS) is 25.7. The minimum absolute atomic E-state index is 0.179. The van der Waals surface area contributed by atoms with Crippen LogP contribution in [0.2, 0.25) is 0 Å². The number of nitrogens with zero attached hydrogens (tertiary/aromatic N) is 1. The lowest BCUT2D eigenvalue weighted by Gasteiger charge is -2.23. The molecule has 2 amide bonds. The summed E-state index contributed by atoms with van der Waals surface area (Å²) in [5.74, 6) is 0.482. The summed E-state index contributed by atoms with van der Waals surface area (Å²) in [6, 6.07) is 4.05. The molecule has 23 heavy (non-hydrogen) atoms. The fraction of sp³-hybridized carbons (Fsp3) is 0.438. The summed E-state index contributed by atoms with van der Waals surface area (Å²) in [6.07, 6.45) is 3.70. The molecular weight excluding hydrogens is 296 g/mol. The summed E-state index contributed by atoms with van der Waals surface area (Å²) >= 11 is 0. The van der Waals surface area contributed by atoms with Gasteiger partial charge in [-0.3, -0.25) is 19.9 Å². The first-order valence-corrected chi connectivity index (χ1v) is 7.80. The van der Waals surface area contributed by atoms with E-state index in [1.54, 1.807) is 18.3 Å². The van der Waals surface area contributed by atoms with Crippen LogP contribution in [0.3, 0.4) is 0 Å². The maximum atomic E-state index is 12.4. The quantitative estimate of drug-likeness (QED) is 0.793. The predicted octanol–water partition coefficient (Wildman–Crippen LogP) is 1.27. The van der Waals surface area contributed by atoms with Gasteiger partial charge < -0.3 is 15.1 Å². The molecule has 2 aliphatic rings. The number of hydrogen-bond acceptors (Lipinski definition) is 5. The Morgan fingerprint density at radius 2 is 2.22 bits per heavy atom. The lowest BCUT2D eigenvalue weighted by molar-refractivity contribution is -0.114.